The average Bonchev–Trinajstić information content (AvgIpc) is 2.12. The molecule has 0 atom stereocenters. The first-order valence-corrected chi connectivity index (χ1v) is 4.58. The van der Waals surface area contributed by atoms with Gasteiger partial charge in [-0.3, -0.25) is 4.79 Å². The predicted octanol–water partition coefficient (Wildman–Crippen LogP) is -1.17. The number of hydrogen-bond donors (Lipinski definition) is 3. The third-order valence-corrected chi connectivity index (χ3v) is 2.77. The summed E-state index contributed by atoms with van der Waals surface area (Å²) in [6.07, 6.45) is 1.83. The van der Waals surface area contributed by atoms with E-state index in [-0.39, 0.29) is 11.4 Å². The summed E-state index contributed by atoms with van der Waals surface area (Å²) >= 11 is 0. The number of hydrogen-bond acceptors (Lipinski definition) is 3. The van der Waals surface area contributed by atoms with Crippen molar-refractivity contribution in [2.24, 2.45) is 0 Å². The molecule has 0 unspecified atom stereocenters. The summed E-state index contributed by atoms with van der Waals surface area (Å²) < 4.78 is 0. The third kappa shape index (κ3) is 1.21. The minimum atomic E-state index is -0.247. The highest BCUT2D eigenvalue weighted by atomic mass is 16.2. The molecule has 2 aliphatic heterocycles. The molecule has 4 nitrogen and oxygen atoms in total. The summed E-state index contributed by atoms with van der Waals surface area (Å²) in [6.45, 7) is 3.57. The van der Waals surface area contributed by atoms with Crippen LogP contribution in [0.2, 0.25) is 0 Å². The molecule has 0 aliphatic carbocycles. The Bertz CT molecular complexity index is 178. The van der Waals surface area contributed by atoms with Crippen molar-refractivity contribution in [2.75, 3.05) is 26.2 Å². The molecule has 2 aliphatic rings. The van der Waals surface area contributed by atoms with E-state index in [0.29, 0.717) is 0 Å². The van der Waals surface area contributed by atoms with Crippen LogP contribution in [0.25, 0.3) is 0 Å². The van der Waals surface area contributed by atoms with Gasteiger partial charge in [0.1, 0.15) is 5.54 Å². The first-order valence-electron chi connectivity index (χ1n) is 4.58. The maximum absolute atomic E-state index is 11.6. The van der Waals surface area contributed by atoms with E-state index in [9.17, 15) is 4.79 Å². The Labute approximate surface area is 72.1 Å². The van der Waals surface area contributed by atoms with Crippen LogP contribution in [-0.2, 0) is 4.79 Å². The Morgan fingerprint density at radius 1 is 1.08 bits per heavy atom. The number of carbonyl (C=O) groups excluding carboxylic acids is 1. The van der Waals surface area contributed by atoms with Crippen LogP contribution >= 0.6 is 0 Å². The maximum Gasteiger partial charge on any atom is 0.240 e. The quantitative estimate of drug-likeness (QED) is 0.428. The summed E-state index contributed by atoms with van der Waals surface area (Å²) in [6, 6.07) is 0. The largest absolute Gasteiger partial charge is 0.353 e. The van der Waals surface area contributed by atoms with E-state index in [1.165, 1.54) is 0 Å². The zero-order chi connectivity index (χ0) is 8.44. The van der Waals surface area contributed by atoms with Crippen LogP contribution in [0.1, 0.15) is 12.8 Å². The standard InChI is InChI=1S/C8H15N3O/c12-7-8(11-6-5-10-7)1-3-9-4-2-8/h9,11H,1-6H2,(H,10,12). The van der Waals surface area contributed by atoms with Crippen molar-refractivity contribution in [3.8, 4) is 0 Å². The minimum absolute atomic E-state index is 0.190. The van der Waals surface area contributed by atoms with E-state index in [1.54, 1.807) is 0 Å². The maximum atomic E-state index is 11.6. The number of amides is 1. The molecule has 0 saturated carbocycles. The molecule has 12 heavy (non-hydrogen) atoms. The van der Waals surface area contributed by atoms with Gasteiger partial charge in [0.15, 0.2) is 0 Å². The number of nitrogens with one attached hydrogen (secondary N) is 3. The number of piperazine rings is 1. The van der Waals surface area contributed by atoms with Gasteiger partial charge in [-0.1, -0.05) is 0 Å². The lowest BCUT2D eigenvalue weighted by Crippen LogP contribution is -2.66. The SMILES string of the molecule is O=C1NCCNC12CCNCC2. The highest BCUT2D eigenvalue weighted by Gasteiger charge is 2.40. The molecule has 1 amide bonds. The van der Waals surface area contributed by atoms with Gasteiger partial charge in [0, 0.05) is 13.1 Å². The molecule has 4 heteroatoms. The van der Waals surface area contributed by atoms with Gasteiger partial charge in [0.25, 0.3) is 0 Å². The summed E-state index contributed by atoms with van der Waals surface area (Å²) in [5.74, 6) is 0.190. The summed E-state index contributed by atoms with van der Waals surface area (Å²) in [5.41, 5.74) is -0.247. The lowest BCUT2D eigenvalue weighted by Gasteiger charge is -2.40. The van der Waals surface area contributed by atoms with Gasteiger partial charge in [0.2, 0.25) is 5.91 Å². The number of rotatable bonds is 0. The van der Waals surface area contributed by atoms with Crippen LogP contribution in [0.5, 0.6) is 0 Å². The second-order valence-corrected chi connectivity index (χ2v) is 3.51. The molecule has 0 aromatic rings. The zero-order valence-electron chi connectivity index (χ0n) is 7.15. The van der Waals surface area contributed by atoms with Crippen LogP contribution in [-0.4, -0.2) is 37.6 Å². The fourth-order valence-electron chi connectivity index (χ4n) is 1.98. The topological polar surface area (TPSA) is 53.2 Å². The molecule has 68 valence electrons. The second kappa shape index (κ2) is 3.03. The van der Waals surface area contributed by atoms with Gasteiger partial charge in [-0.25, -0.2) is 0 Å². The lowest BCUT2D eigenvalue weighted by atomic mass is 9.86. The summed E-state index contributed by atoms with van der Waals surface area (Å²) in [7, 11) is 0. The first-order chi connectivity index (χ1) is 5.83. The van der Waals surface area contributed by atoms with Crippen LogP contribution in [0.3, 0.4) is 0 Å². The molecule has 2 fully saturated rings. The van der Waals surface area contributed by atoms with Gasteiger partial charge in [-0.15, -0.1) is 0 Å². The van der Waals surface area contributed by atoms with Gasteiger partial charge in [-0.05, 0) is 25.9 Å². The van der Waals surface area contributed by atoms with E-state index >= 15 is 0 Å². The van der Waals surface area contributed by atoms with Gasteiger partial charge in [-0.2, -0.15) is 0 Å². The Balaban J connectivity index is 2.09. The van der Waals surface area contributed by atoms with Crippen molar-refractivity contribution in [1.82, 2.24) is 16.0 Å². The van der Waals surface area contributed by atoms with E-state index in [0.717, 1.165) is 39.0 Å². The smallest absolute Gasteiger partial charge is 0.240 e. The highest BCUT2D eigenvalue weighted by molar-refractivity contribution is 5.87. The second-order valence-electron chi connectivity index (χ2n) is 3.51. The Morgan fingerprint density at radius 2 is 1.83 bits per heavy atom. The van der Waals surface area contributed by atoms with Gasteiger partial charge >= 0.3 is 0 Å². The predicted molar refractivity (Wildman–Crippen MR) is 45.8 cm³/mol. The minimum Gasteiger partial charge on any atom is -0.353 e. The molecule has 0 bridgehead atoms. The molecular weight excluding hydrogens is 154 g/mol. The average molecular weight is 169 g/mol. The van der Waals surface area contributed by atoms with Gasteiger partial charge in [0.05, 0.1) is 0 Å². The molecule has 2 heterocycles. The first kappa shape index (κ1) is 8.01. The van der Waals surface area contributed by atoms with Crippen molar-refractivity contribution >= 4 is 5.91 Å². The summed E-state index contributed by atoms with van der Waals surface area (Å²) in [5, 5.41) is 9.50. The Hall–Kier alpha value is -0.610. The van der Waals surface area contributed by atoms with Crippen LogP contribution < -0.4 is 16.0 Å². The van der Waals surface area contributed by atoms with E-state index in [1.807, 2.05) is 0 Å². The summed E-state index contributed by atoms with van der Waals surface area (Å²) in [4.78, 5) is 11.6. The number of carbonyl (C=O) groups is 1. The lowest BCUT2D eigenvalue weighted by molar-refractivity contribution is -0.130. The van der Waals surface area contributed by atoms with Crippen molar-refractivity contribution in [3.05, 3.63) is 0 Å². The molecule has 2 saturated heterocycles. The van der Waals surface area contributed by atoms with Crippen molar-refractivity contribution < 1.29 is 4.79 Å². The molecule has 0 aromatic carbocycles. The van der Waals surface area contributed by atoms with Gasteiger partial charge < -0.3 is 16.0 Å². The third-order valence-electron chi connectivity index (χ3n) is 2.77. The zero-order valence-corrected chi connectivity index (χ0v) is 7.15. The monoisotopic (exact) mass is 169 g/mol. The van der Waals surface area contributed by atoms with Crippen molar-refractivity contribution in [1.29, 1.82) is 0 Å². The van der Waals surface area contributed by atoms with Crippen molar-refractivity contribution in [3.63, 3.8) is 0 Å². The molecular formula is C8H15N3O. The Kier molecular flexibility index (Phi) is 2.02. The van der Waals surface area contributed by atoms with E-state index in [4.69, 9.17) is 0 Å². The fraction of sp³-hybridized carbons (Fsp3) is 0.875. The highest BCUT2D eigenvalue weighted by Crippen LogP contribution is 2.19. The van der Waals surface area contributed by atoms with Crippen LogP contribution in [0, 0.1) is 0 Å². The molecule has 0 radical (unpaired) electrons. The Morgan fingerprint density at radius 3 is 2.50 bits per heavy atom. The fourth-order valence-corrected chi connectivity index (χ4v) is 1.98. The van der Waals surface area contributed by atoms with E-state index in [2.05, 4.69) is 16.0 Å². The molecule has 0 aromatic heterocycles. The van der Waals surface area contributed by atoms with Crippen LogP contribution in [0.4, 0.5) is 0 Å². The number of piperidine rings is 1. The van der Waals surface area contributed by atoms with Crippen molar-refractivity contribution in [2.45, 2.75) is 18.4 Å². The molecule has 1 spiro atoms. The normalized spacial score (nSPS) is 28.5. The molecule has 2 rings (SSSR count). The van der Waals surface area contributed by atoms with Crippen LogP contribution in [0.15, 0.2) is 0 Å². The van der Waals surface area contributed by atoms with E-state index < -0.39 is 0 Å². The molecule has 3 N–H and O–H groups in total.